The van der Waals surface area contributed by atoms with E-state index >= 15 is 4.39 Å². The van der Waals surface area contributed by atoms with Gasteiger partial charge in [-0.15, -0.1) is 0 Å². The number of rotatable bonds is 8. The second kappa shape index (κ2) is 9.02. The fourth-order valence-corrected chi connectivity index (χ4v) is 8.55. The summed E-state index contributed by atoms with van der Waals surface area (Å²) in [7, 11) is 0. The summed E-state index contributed by atoms with van der Waals surface area (Å²) in [6.07, 6.45) is 8.16. The second-order valence-corrected chi connectivity index (χ2v) is 11.9. The van der Waals surface area contributed by atoms with Crippen molar-refractivity contribution >= 4 is 17.9 Å². The van der Waals surface area contributed by atoms with Gasteiger partial charge in [-0.25, -0.2) is 4.39 Å². The molecule has 4 unspecified atom stereocenters. The number of aldehydes is 1. The number of Topliss-reactive ketones (excluding diaryl/α,β-unsaturated/α-hetero) is 1. The second-order valence-electron chi connectivity index (χ2n) is 11.9. The molecular formula is C29H41FO5. The van der Waals surface area contributed by atoms with Crippen molar-refractivity contribution in [3.63, 3.8) is 0 Å². The molecule has 4 aliphatic carbocycles. The monoisotopic (exact) mass is 488 g/mol. The van der Waals surface area contributed by atoms with Crippen molar-refractivity contribution in [1.82, 2.24) is 0 Å². The van der Waals surface area contributed by atoms with Gasteiger partial charge in [-0.3, -0.25) is 9.59 Å². The molecule has 35 heavy (non-hydrogen) atoms. The summed E-state index contributed by atoms with van der Waals surface area (Å²) >= 11 is 0. The summed E-state index contributed by atoms with van der Waals surface area (Å²) in [5.74, 6) is -1.42. The summed E-state index contributed by atoms with van der Waals surface area (Å²) in [6.45, 7) is 9.56. The molecule has 0 spiro atoms. The SMILES string of the molecule is CCCC(CC)OCC(=O)C1(C=O)[C@H](C)CC2C3CCC4=CC(=O)C=C[C@]4(C)[C@@]3(F)[C@@H](O)C[C@@]21C. The summed E-state index contributed by atoms with van der Waals surface area (Å²) < 4.78 is 23.2. The molecule has 3 fully saturated rings. The van der Waals surface area contributed by atoms with Gasteiger partial charge in [0.05, 0.1) is 17.6 Å². The highest BCUT2D eigenvalue weighted by molar-refractivity contribution is 6.02. The number of hydrogen-bond donors (Lipinski definition) is 1. The molecule has 194 valence electrons. The van der Waals surface area contributed by atoms with Gasteiger partial charge in [0.15, 0.2) is 17.2 Å². The third-order valence-corrected chi connectivity index (χ3v) is 10.5. The maximum Gasteiger partial charge on any atom is 0.178 e. The first kappa shape index (κ1) is 26.4. The number of aliphatic hydroxyl groups excluding tert-OH is 1. The van der Waals surface area contributed by atoms with E-state index in [1.807, 2.05) is 20.8 Å². The van der Waals surface area contributed by atoms with Crippen molar-refractivity contribution in [3.8, 4) is 0 Å². The molecule has 0 aromatic heterocycles. The number of alkyl halides is 1. The molecule has 1 N–H and O–H groups in total. The van der Waals surface area contributed by atoms with Crippen LogP contribution in [0.15, 0.2) is 23.8 Å². The Kier molecular flexibility index (Phi) is 6.81. The average molecular weight is 489 g/mol. The van der Waals surface area contributed by atoms with E-state index in [1.165, 1.54) is 12.2 Å². The van der Waals surface area contributed by atoms with Gasteiger partial charge in [0.1, 0.15) is 12.9 Å². The number of hydrogen-bond acceptors (Lipinski definition) is 5. The molecule has 0 aromatic rings. The third-order valence-electron chi connectivity index (χ3n) is 10.5. The van der Waals surface area contributed by atoms with Crippen molar-refractivity contribution in [2.45, 2.75) is 97.4 Å². The van der Waals surface area contributed by atoms with Crippen molar-refractivity contribution in [2.75, 3.05) is 6.61 Å². The Morgan fingerprint density at radius 2 is 2.03 bits per heavy atom. The van der Waals surface area contributed by atoms with E-state index in [4.69, 9.17) is 4.74 Å². The van der Waals surface area contributed by atoms with Crippen LogP contribution in [0.4, 0.5) is 4.39 Å². The first-order chi connectivity index (χ1) is 16.5. The predicted molar refractivity (Wildman–Crippen MR) is 131 cm³/mol. The van der Waals surface area contributed by atoms with Gasteiger partial charge in [-0.2, -0.15) is 0 Å². The maximum absolute atomic E-state index is 17.3. The Hall–Kier alpha value is -1.66. The number of fused-ring (bicyclic) bond motifs is 5. The number of carbonyl (C=O) groups excluding carboxylic acids is 3. The number of ketones is 2. The molecule has 0 aliphatic heterocycles. The number of allylic oxidation sites excluding steroid dienone is 4. The van der Waals surface area contributed by atoms with Crippen LogP contribution in [-0.4, -0.2) is 47.4 Å². The molecule has 0 bridgehead atoms. The first-order valence-corrected chi connectivity index (χ1v) is 13.4. The van der Waals surface area contributed by atoms with Crippen molar-refractivity contribution in [1.29, 1.82) is 0 Å². The normalized spacial score (nSPS) is 45.2. The number of aliphatic hydroxyl groups is 1. The molecule has 0 radical (unpaired) electrons. The lowest BCUT2D eigenvalue weighted by molar-refractivity contribution is -0.205. The molecule has 4 rings (SSSR count). The van der Waals surface area contributed by atoms with E-state index in [0.717, 1.165) is 31.1 Å². The summed E-state index contributed by atoms with van der Waals surface area (Å²) in [5.41, 5.74) is -4.51. The lowest BCUT2D eigenvalue weighted by Crippen LogP contribution is -2.68. The molecular weight excluding hydrogens is 447 g/mol. The summed E-state index contributed by atoms with van der Waals surface area (Å²) in [6, 6.07) is 0. The Bertz CT molecular complexity index is 957. The zero-order chi connectivity index (χ0) is 25.8. The highest BCUT2D eigenvalue weighted by atomic mass is 19.1. The van der Waals surface area contributed by atoms with Crippen molar-refractivity contribution < 1.29 is 28.6 Å². The molecule has 0 heterocycles. The molecule has 0 amide bonds. The van der Waals surface area contributed by atoms with E-state index in [-0.39, 0.29) is 42.5 Å². The minimum Gasteiger partial charge on any atom is -0.390 e. The highest BCUT2D eigenvalue weighted by Gasteiger charge is 2.75. The quantitative estimate of drug-likeness (QED) is 0.386. The lowest BCUT2D eigenvalue weighted by Gasteiger charge is -2.62. The van der Waals surface area contributed by atoms with Crippen LogP contribution >= 0.6 is 0 Å². The van der Waals surface area contributed by atoms with E-state index in [0.29, 0.717) is 19.3 Å². The average Bonchev–Trinajstić information content (AvgIpc) is 3.04. The van der Waals surface area contributed by atoms with E-state index in [2.05, 4.69) is 6.92 Å². The van der Waals surface area contributed by atoms with E-state index < -0.39 is 33.9 Å². The fraction of sp³-hybridized carbons (Fsp3) is 0.759. The minimum absolute atomic E-state index is 0.0241. The standard InChI is InChI=1S/C29H41FO5/c1-6-8-21(7-2)35-16-25(34)28(17-31)18(3)13-23-22-10-9-19-14-20(32)11-12-26(19,4)29(22,30)24(33)15-27(23,28)5/h11-12,14,17-18,21-24,33H,6-10,13,15-16H2,1-5H3/t18-,21?,22?,23?,24+,26+,27+,28?,29+/m1/s1. The minimum atomic E-state index is -1.97. The molecule has 3 saturated carbocycles. The van der Waals surface area contributed by atoms with Crippen LogP contribution in [0.3, 0.4) is 0 Å². The van der Waals surface area contributed by atoms with Crippen LogP contribution in [0.2, 0.25) is 0 Å². The van der Waals surface area contributed by atoms with Crippen LogP contribution < -0.4 is 0 Å². The Morgan fingerprint density at radius 1 is 1.31 bits per heavy atom. The predicted octanol–water partition coefficient (Wildman–Crippen LogP) is 4.95. The van der Waals surface area contributed by atoms with Gasteiger partial charge >= 0.3 is 0 Å². The van der Waals surface area contributed by atoms with Gasteiger partial charge in [-0.05, 0) is 74.9 Å². The molecule has 4 aliphatic rings. The van der Waals surface area contributed by atoms with Gasteiger partial charge in [0.2, 0.25) is 0 Å². The molecule has 0 aromatic carbocycles. The van der Waals surface area contributed by atoms with Gasteiger partial charge in [0, 0.05) is 11.3 Å². The summed E-state index contributed by atoms with van der Waals surface area (Å²) in [4.78, 5) is 38.6. The molecule has 5 nitrogen and oxygen atoms in total. The van der Waals surface area contributed by atoms with Crippen LogP contribution in [0.1, 0.15) is 79.6 Å². The zero-order valence-electron chi connectivity index (χ0n) is 21.8. The number of ether oxygens (including phenoxy) is 1. The van der Waals surface area contributed by atoms with E-state index in [1.54, 1.807) is 13.0 Å². The van der Waals surface area contributed by atoms with Crippen LogP contribution in [-0.2, 0) is 19.1 Å². The van der Waals surface area contributed by atoms with E-state index in [9.17, 15) is 19.5 Å². The lowest BCUT2D eigenvalue weighted by atomic mass is 9.43. The smallest absolute Gasteiger partial charge is 0.178 e. The Labute approximate surface area is 208 Å². The summed E-state index contributed by atoms with van der Waals surface area (Å²) in [5, 5.41) is 11.5. The number of halogens is 1. The van der Waals surface area contributed by atoms with Crippen molar-refractivity contribution in [2.24, 2.45) is 34.0 Å². The topological polar surface area (TPSA) is 80.7 Å². The Morgan fingerprint density at radius 3 is 2.66 bits per heavy atom. The van der Waals surface area contributed by atoms with Crippen molar-refractivity contribution in [3.05, 3.63) is 23.8 Å². The first-order valence-electron chi connectivity index (χ1n) is 13.4. The zero-order valence-corrected chi connectivity index (χ0v) is 21.8. The molecule has 9 atom stereocenters. The van der Waals surface area contributed by atoms with Crippen LogP contribution in [0.5, 0.6) is 0 Å². The van der Waals surface area contributed by atoms with Gasteiger partial charge in [-0.1, -0.05) is 45.8 Å². The highest BCUT2D eigenvalue weighted by Crippen LogP contribution is 2.72. The largest absolute Gasteiger partial charge is 0.390 e. The van der Waals surface area contributed by atoms with Crippen LogP contribution in [0, 0.1) is 34.0 Å². The molecule has 0 saturated heterocycles. The van der Waals surface area contributed by atoms with Gasteiger partial charge < -0.3 is 14.6 Å². The van der Waals surface area contributed by atoms with Crippen LogP contribution in [0.25, 0.3) is 0 Å². The molecule has 6 heteroatoms. The van der Waals surface area contributed by atoms with Gasteiger partial charge in [0.25, 0.3) is 0 Å². The maximum atomic E-state index is 17.3. The Balaban J connectivity index is 1.71. The third kappa shape index (κ3) is 3.42. The fourth-order valence-electron chi connectivity index (χ4n) is 8.55. The number of carbonyl (C=O) groups is 3.